The smallest absolute Gasteiger partial charge is 0.255 e. The normalized spacial score (nSPS) is 13.7. The Morgan fingerprint density at radius 1 is 0.885 bits per heavy atom. The molecule has 2 aromatic carbocycles. The minimum Gasteiger partial charge on any atom is -0.349 e. The number of halogens is 1. The fraction of sp³-hybridized carbons (Fsp3) is 0.300. The van der Waals surface area contributed by atoms with Gasteiger partial charge in [0.2, 0.25) is 0 Å². The van der Waals surface area contributed by atoms with Gasteiger partial charge in [0, 0.05) is 29.4 Å². The highest BCUT2D eigenvalue weighted by Crippen LogP contribution is 2.18. The van der Waals surface area contributed by atoms with E-state index in [2.05, 4.69) is 10.6 Å². The van der Waals surface area contributed by atoms with E-state index in [-0.39, 0.29) is 24.2 Å². The van der Waals surface area contributed by atoms with Crippen molar-refractivity contribution in [3.63, 3.8) is 0 Å². The van der Waals surface area contributed by atoms with E-state index in [9.17, 15) is 9.59 Å². The summed E-state index contributed by atoms with van der Waals surface area (Å²) in [5, 5.41) is 5.89. The van der Waals surface area contributed by atoms with Crippen LogP contribution in [0.15, 0.2) is 48.5 Å². The number of anilines is 1. The lowest BCUT2D eigenvalue weighted by Gasteiger charge is -2.12. The van der Waals surface area contributed by atoms with Crippen molar-refractivity contribution in [3.05, 3.63) is 65.2 Å². The molecule has 0 spiro atoms. The molecule has 0 aliphatic heterocycles. The lowest BCUT2D eigenvalue weighted by molar-refractivity contribution is 0.0937. The van der Waals surface area contributed by atoms with Crippen LogP contribution in [0.25, 0.3) is 0 Å². The predicted octanol–water partition coefficient (Wildman–Crippen LogP) is 3.49. The summed E-state index contributed by atoms with van der Waals surface area (Å²) in [7, 11) is 0. The molecule has 1 aliphatic carbocycles. The largest absolute Gasteiger partial charge is 0.349 e. The molecule has 138 valence electrons. The van der Waals surface area contributed by atoms with Crippen LogP contribution in [0.4, 0.5) is 5.69 Å². The molecule has 0 heterocycles. The molecule has 0 saturated heterocycles. The van der Waals surface area contributed by atoms with Crippen LogP contribution in [0.1, 0.15) is 52.0 Å². The maximum absolute atomic E-state index is 12.2. The second-order valence-corrected chi connectivity index (χ2v) is 6.39. The Balaban J connectivity index is 0.00000243. The number of nitrogens with one attached hydrogen (secondary N) is 2. The summed E-state index contributed by atoms with van der Waals surface area (Å²) in [6.07, 6.45) is 4.48. The van der Waals surface area contributed by atoms with Crippen LogP contribution < -0.4 is 16.4 Å². The second-order valence-electron chi connectivity index (χ2n) is 6.39. The fourth-order valence-electron chi connectivity index (χ4n) is 3.04. The van der Waals surface area contributed by atoms with E-state index >= 15 is 0 Å². The molecule has 2 amide bonds. The van der Waals surface area contributed by atoms with Gasteiger partial charge >= 0.3 is 0 Å². The molecule has 0 atom stereocenters. The van der Waals surface area contributed by atoms with Gasteiger partial charge in [0.05, 0.1) is 0 Å². The average molecular weight is 374 g/mol. The summed E-state index contributed by atoms with van der Waals surface area (Å²) >= 11 is 0. The van der Waals surface area contributed by atoms with Crippen LogP contribution in [-0.2, 0) is 6.54 Å². The zero-order valence-corrected chi connectivity index (χ0v) is 15.4. The van der Waals surface area contributed by atoms with Crippen LogP contribution in [0.3, 0.4) is 0 Å². The van der Waals surface area contributed by atoms with Gasteiger partial charge in [-0.05, 0) is 54.8 Å². The molecule has 1 aliphatic rings. The van der Waals surface area contributed by atoms with Gasteiger partial charge in [0.1, 0.15) is 0 Å². The Bertz CT molecular complexity index is 739. The van der Waals surface area contributed by atoms with Crippen molar-refractivity contribution in [2.75, 3.05) is 5.32 Å². The van der Waals surface area contributed by atoms with Gasteiger partial charge in [-0.2, -0.15) is 0 Å². The maximum Gasteiger partial charge on any atom is 0.255 e. The molecule has 1 saturated carbocycles. The SMILES string of the molecule is Cl.NCc1ccc(C(=O)Nc2ccc(C(=O)NC3CCCC3)cc2)cc1. The van der Waals surface area contributed by atoms with Crippen molar-refractivity contribution in [1.29, 1.82) is 0 Å². The van der Waals surface area contributed by atoms with Crippen molar-refractivity contribution >= 4 is 29.9 Å². The van der Waals surface area contributed by atoms with Crippen molar-refractivity contribution in [3.8, 4) is 0 Å². The summed E-state index contributed by atoms with van der Waals surface area (Å²) < 4.78 is 0. The summed E-state index contributed by atoms with van der Waals surface area (Å²) in [6.45, 7) is 0.451. The van der Waals surface area contributed by atoms with Gasteiger partial charge in [-0.15, -0.1) is 12.4 Å². The number of carbonyl (C=O) groups is 2. The lowest BCUT2D eigenvalue weighted by Crippen LogP contribution is -2.32. The minimum atomic E-state index is -0.188. The van der Waals surface area contributed by atoms with Crippen LogP contribution in [0, 0.1) is 0 Å². The van der Waals surface area contributed by atoms with Gasteiger partial charge in [-0.1, -0.05) is 25.0 Å². The van der Waals surface area contributed by atoms with E-state index in [1.54, 1.807) is 36.4 Å². The van der Waals surface area contributed by atoms with Crippen molar-refractivity contribution in [2.24, 2.45) is 5.73 Å². The highest BCUT2D eigenvalue weighted by Gasteiger charge is 2.17. The van der Waals surface area contributed by atoms with Gasteiger partial charge in [-0.3, -0.25) is 9.59 Å². The average Bonchev–Trinajstić information content (AvgIpc) is 3.15. The van der Waals surface area contributed by atoms with Crippen LogP contribution in [0.2, 0.25) is 0 Å². The summed E-state index contributed by atoms with van der Waals surface area (Å²) in [5.74, 6) is -0.242. The molecule has 2 aromatic rings. The fourth-order valence-corrected chi connectivity index (χ4v) is 3.04. The topological polar surface area (TPSA) is 84.2 Å². The van der Waals surface area contributed by atoms with Gasteiger partial charge < -0.3 is 16.4 Å². The highest BCUT2D eigenvalue weighted by atomic mass is 35.5. The van der Waals surface area contributed by atoms with Crippen LogP contribution in [0.5, 0.6) is 0 Å². The van der Waals surface area contributed by atoms with Crippen molar-refractivity contribution in [2.45, 2.75) is 38.3 Å². The van der Waals surface area contributed by atoms with E-state index in [1.165, 1.54) is 12.8 Å². The molecular formula is C20H24ClN3O2. The summed E-state index contributed by atoms with van der Waals surface area (Å²) in [4.78, 5) is 24.4. The molecule has 0 radical (unpaired) electrons. The third kappa shape index (κ3) is 5.07. The number of carbonyl (C=O) groups excluding carboxylic acids is 2. The van der Waals surface area contributed by atoms with Crippen molar-refractivity contribution < 1.29 is 9.59 Å². The molecular weight excluding hydrogens is 350 g/mol. The number of hydrogen-bond acceptors (Lipinski definition) is 3. The number of hydrogen-bond donors (Lipinski definition) is 3. The van der Waals surface area contributed by atoms with E-state index in [0.29, 0.717) is 29.4 Å². The van der Waals surface area contributed by atoms with E-state index in [4.69, 9.17) is 5.73 Å². The van der Waals surface area contributed by atoms with E-state index < -0.39 is 0 Å². The Hall–Kier alpha value is -2.37. The number of rotatable bonds is 5. The minimum absolute atomic E-state index is 0. The molecule has 0 unspecified atom stereocenters. The van der Waals surface area contributed by atoms with Gasteiger partial charge in [0.25, 0.3) is 11.8 Å². The Morgan fingerprint density at radius 3 is 2.00 bits per heavy atom. The monoisotopic (exact) mass is 373 g/mol. The zero-order valence-electron chi connectivity index (χ0n) is 14.5. The van der Waals surface area contributed by atoms with Gasteiger partial charge in [0.15, 0.2) is 0 Å². The van der Waals surface area contributed by atoms with E-state index in [0.717, 1.165) is 18.4 Å². The molecule has 26 heavy (non-hydrogen) atoms. The zero-order chi connectivity index (χ0) is 17.6. The second kappa shape index (κ2) is 9.36. The first kappa shape index (κ1) is 19.9. The van der Waals surface area contributed by atoms with Gasteiger partial charge in [-0.25, -0.2) is 0 Å². The van der Waals surface area contributed by atoms with Crippen LogP contribution >= 0.6 is 12.4 Å². The van der Waals surface area contributed by atoms with Crippen molar-refractivity contribution in [1.82, 2.24) is 5.32 Å². The van der Waals surface area contributed by atoms with Crippen LogP contribution in [-0.4, -0.2) is 17.9 Å². The lowest BCUT2D eigenvalue weighted by atomic mass is 10.1. The third-order valence-corrected chi connectivity index (χ3v) is 4.55. The molecule has 6 heteroatoms. The molecule has 1 fully saturated rings. The Morgan fingerprint density at radius 2 is 1.42 bits per heavy atom. The molecule has 5 nitrogen and oxygen atoms in total. The van der Waals surface area contributed by atoms with E-state index in [1.807, 2.05) is 12.1 Å². The first-order chi connectivity index (χ1) is 12.2. The predicted molar refractivity (Wildman–Crippen MR) is 106 cm³/mol. The Labute approximate surface area is 159 Å². The molecule has 4 N–H and O–H groups in total. The molecule has 0 bridgehead atoms. The number of amides is 2. The quantitative estimate of drug-likeness (QED) is 0.750. The molecule has 0 aromatic heterocycles. The Kier molecular flexibility index (Phi) is 7.18. The standard InChI is InChI=1S/C20H23N3O2.ClH/c21-13-14-5-7-15(8-6-14)19(24)23-18-11-9-16(10-12-18)20(25)22-17-3-1-2-4-17;/h5-12,17H,1-4,13,21H2,(H,22,25)(H,23,24);1H. The maximum atomic E-state index is 12.2. The first-order valence-electron chi connectivity index (χ1n) is 8.67. The summed E-state index contributed by atoms with van der Waals surface area (Å²) in [6, 6.07) is 14.4. The number of nitrogens with two attached hydrogens (primary N) is 1. The third-order valence-electron chi connectivity index (χ3n) is 4.55. The highest BCUT2D eigenvalue weighted by molar-refractivity contribution is 6.04. The molecule has 3 rings (SSSR count). The number of benzene rings is 2. The summed E-state index contributed by atoms with van der Waals surface area (Å²) in [5.41, 5.74) is 8.37. The first-order valence-corrected chi connectivity index (χ1v) is 8.67.